The Labute approximate surface area is 115 Å². The molecule has 1 heterocycles. The van der Waals surface area contributed by atoms with Crippen LogP contribution in [0.25, 0.3) is 0 Å². The van der Waals surface area contributed by atoms with Crippen molar-refractivity contribution in [2.24, 2.45) is 5.92 Å². The van der Waals surface area contributed by atoms with Gasteiger partial charge in [0.15, 0.2) is 17.5 Å². The van der Waals surface area contributed by atoms with Gasteiger partial charge in [-0.1, -0.05) is 6.42 Å². The first kappa shape index (κ1) is 13.5. The molecule has 20 heavy (non-hydrogen) atoms. The number of halogens is 3. The lowest BCUT2D eigenvalue weighted by molar-refractivity contribution is 0.0547. The summed E-state index contributed by atoms with van der Waals surface area (Å²) in [5, 5.41) is 0. The fraction of sp³-hybridized carbons (Fsp3) is 0.533. The second-order valence-corrected chi connectivity index (χ2v) is 5.65. The second kappa shape index (κ2) is 5.11. The SMILES string of the molecule is O=C(c1cc(F)c(F)c(F)c1)N1CCCC2CCCC21. The van der Waals surface area contributed by atoms with E-state index in [0.29, 0.717) is 12.5 Å². The van der Waals surface area contributed by atoms with Crippen molar-refractivity contribution < 1.29 is 18.0 Å². The molecule has 3 rings (SSSR count). The maximum Gasteiger partial charge on any atom is 0.254 e. The van der Waals surface area contributed by atoms with Crippen LogP contribution in [0.2, 0.25) is 0 Å². The lowest BCUT2D eigenvalue weighted by Crippen LogP contribution is -2.46. The Hall–Kier alpha value is -1.52. The van der Waals surface area contributed by atoms with Gasteiger partial charge in [0.1, 0.15) is 0 Å². The van der Waals surface area contributed by atoms with Crippen LogP contribution in [-0.2, 0) is 0 Å². The smallest absolute Gasteiger partial charge is 0.254 e. The van der Waals surface area contributed by atoms with Crippen molar-refractivity contribution in [3.8, 4) is 0 Å². The average Bonchev–Trinajstić information content (AvgIpc) is 2.91. The van der Waals surface area contributed by atoms with Crippen molar-refractivity contribution in [1.82, 2.24) is 4.90 Å². The van der Waals surface area contributed by atoms with Crippen LogP contribution in [0.15, 0.2) is 12.1 Å². The fourth-order valence-electron chi connectivity index (χ4n) is 3.55. The zero-order valence-corrected chi connectivity index (χ0v) is 11.0. The molecule has 1 aliphatic heterocycles. The summed E-state index contributed by atoms with van der Waals surface area (Å²) < 4.78 is 39.5. The minimum atomic E-state index is -1.53. The summed E-state index contributed by atoms with van der Waals surface area (Å²) in [4.78, 5) is 14.1. The van der Waals surface area contributed by atoms with Crippen LogP contribution in [0.5, 0.6) is 0 Å². The van der Waals surface area contributed by atoms with Gasteiger partial charge in [0.05, 0.1) is 0 Å². The number of likely N-dealkylation sites (tertiary alicyclic amines) is 1. The van der Waals surface area contributed by atoms with Gasteiger partial charge in [-0.2, -0.15) is 0 Å². The molecule has 0 aromatic heterocycles. The molecule has 1 aliphatic carbocycles. The van der Waals surface area contributed by atoms with E-state index >= 15 is 0 Å². The molecule has 0 bridgehead atoms. The van der Waals surface area contributed by atoms with Crippen LogP contribution in [-0.4, -0.2) is 23.4 Å². The van der Waals surface area contributed by atoms with Gasteiger partial charge in [0.2, 0.25) is 0 Å². The Bertz CT molecular complexity index is 523. The van der Waals surface area contributed by atoms with Gasteiger partial charge in [-0.05, 0) is 43.7 Å². The standard InChI is InChI=1S/C15H16F3NO/c16-11-7-10(8-12(17)14(11)18)15(20)19-6-2-4-9-3-1-5-13(9)19/h7-9,13H,1-6H2. The minimum Gasteiger partial charge on any atom is -0.335 e. The van der Waals surface area contributed by atoms with E-state index in [1.54, 1.807) is 4.90 Å². The molecular weight excluding hydrogens is 267 g/mol. The molecule has 1 saturated carbocycles. The first-order chi connectivity index (χ1) is 9.58. The number of benzene rings is 1. The molecular formula is C15H16F3NO. The normalized spacial score (nSPS) is 25.6. The summed E-state index contributed by atoms with van der Waals surface area (Å²) in [6.45, 7) is 0.612. The number of hydrogen-bond acceptors (Lipinski definition) is 1. The first-order valence-corrected chi connectivity index (χ1v) is 7.03. The van der Waals surface area contributed by atoms with Gasteiger partial charge in [-0.25, -0.2) is 13.2 Å². The molecule has 0 spiro atoms. The highest BCUT2D eigenvalue weighted by molar-refractivity contribution is 5.94. The Morgan fingerprint density at radius 1 is 1.05 bits per heavy atom. The molecule has 2 unspecified atom stereocenters. The number of piperidine rings is 1. The predicted molar refractivity (Wildman–Crippen MR) is 67.7 cm³/mol. The van der Waals surface area contributed by atoms with Gasteiger partial charge < -0.3 is 4.90 Å². The van der Waals surface area contributed by atoms with E-state index in [0.717, 1.165) is 44.2 Å². The van der Waals surface area contributed by atoms with E-state index < -0.39 is 17.5 Å². The molecule has 0 N–H and O–H groups in total. The van der Waals surface area contributed by atoms with Gasteiger partial charge in [-0.3, -0.25) is 4.79 Å². The van der Waals surface area contributed by atoms with Crippen LogP contribution >= 0.6 is 0 Å². The summed E-state index contributed by atoms with van der Waals surface area (Å²) in [5.74, 6) is -4.04. The van der Waals surface area contributed by atoms with E-state index in [-0.39, 0.29) is 17.5 Å². The Morgan fingerprint density at radius 3 is 2.40 bits per heavy atom. The van der Waals surface area contributed by atoms with Crippen molar-refractivity contribution in [3.63, 3.8) is 0 Å². The van der Waals surface area contributed by atoms with Gasteiger partial charge in [-0.15, -0.1) is 0 Å². The maximum atomic E-state index is 13.2. The Morgan fingerprint density at radius 2 is 1.70 bits per heavy atom. The van der Waals surface area contributed by atoms with Crippen LogP contribution in [0.4, 0.5) is 13.2 Å². The average molecular weight is 283 g/mol. The molecule has 1 saturated heterocycles. The lowest BCUT2D eigenvalue weighted by Gasteiger charge is -2.37. The van der Waals surface area contributed by atoms with Crippen molar-refractivity contribution in [2.45, 2.75) is 38.1 Å². The number of amides is 1. The third-order valence-corrected chi connectivity index (χ3v) is 4.48. The molecule has 5 heteroatoms. The highest BCUT2D eigenvalue weighted by atomic mass is 19.2. The molecule has 1 aromatic carbocycles. The molecule has 1 amide bonds. The number of fused-ring (bicyclic) bond motifs is 1. The summed E-state index contributed by atoms with van der Waals surface area (Å²) in [5.41, 5.74) is -0.103. The number of nitrogens with zero attached hydrogens (tertiary/aromatic N) is 1. The first-order valence-electron chi connectivity index (χ1n) is 7.03. The second-order valence-electron chi connectivity index (χ2n) is 5.65. The van der Waals surface area contributed by atoms with Crippen molar-refractivity contribution >= 4 is 5.91 Å². The topological polar surface area (TPSA) is 20.3 Å². The van der Waals surface area contributed by atoms with Crippen molar-refractivity contribution in [3.05, 3.63) is 35.1 Å². The third kappa shape index (κ3) is 2.19. The predicted octanol–water partition coefficient (Wildman–Crippen LogP) is 3.51. The largest absolute Gasteiger partial charge is 0.335 e. The van der Waals surface area contributed by atoms with Crippen LogP contribution in [0, 0.1) is 23.4 Å². The van der Waals surface area contributed by atoms with E-state index in [9.17, 15) is 18.0 Å². The molecule has 2 nitrogen and oxygen atoms in total. The Kier molecular flexibility index (Phi) is 3.44. The monoisotopic (exact) mass is 283 g/mol. The number of rotatable bonds is 1. The minimum absolute atomic E-state index is 0.103. The maximum absolute atomic E-state index is 13.2. The van der Waals surface area contributed by atoms with E-state index in [1.807, 2.05) is 0 Å². The number of carbonyl (C=O) groups is 1. The van der Waals surface area contributed by atoms with Crippen molar-refractivity contribution in [2.75, 3.05) is 6.54 Å². The molecule has 2 aliphatic rings. The zero-order chi connectivity index (χ0) is 14.3. The third-order valence-electron chi connectivity index (χ3n) is 4.48. The fourth-order valence-corrected chi connectivity index (χ4v) is 3.55. The summed E-state index contributed by atoms with van der Waals surface area (Å²) in [6.07, 6.45) is 5.17. The summed E-state index contributed by atoms with van der Waals surface area (Å²) >= 11 is 0. The highest BCUT2D eigenvalue weighted by Crippen LogP contribution is 2.37. The highest BCUT2D eigenvalue weighted by Gasteiger charge is 2.37. The van der Waals surface area contributed by atoms with Crippen LogP contribution in [0.1, 0.15) is 42.5 Å². The summed E-state index contributed by atoms with van der Waals surface area (Å²) in [7, 11) is 0. The van der Waals surface area contributed by atoms with E-state index in [2.05, 4.69) is 0 Å². The lowest BCUT2D eigenvalue weighted by atomic mass is 9.91. The van der Waals surface area contributed by atoms with Gasteiger partial charge in [0.25, 0.3) is 5.91 Å². The molecule has 108 valence electrons. The quantitative estimate of drug-likeness (QED) is 0.722. The molecule has 1 aromatic rings. The molecule has 2 atom stereocenters. The Balaban J connectivity index is 1.88. The van der Waals surface area contributed by atoms with E-state index in [1.165, 1.54) is 0 Å². The molecule has 2 fully saturated rings. The van der Waals surface area contributed by atoms with E-state index in [4.69, 9.17) is 0 Å². The van der Waals surface area contributed by atoms with Crippen LogP contribution in [0.3, 0.4) is 0 Å². The van der Waals surface area contributed by atoms with Gasteiger partial charge >= 0.3 is 0 Å². The number of hydrogen-bond donors (Lipinski definition) is 0. The zero-order valence-electron chi connectivity index (χ0n) is 11.0. The van der Waals surface area contributed by atoms with Crippen molar-refractivity contribution in [1.29, 1.82) is 0 Å². The van der Waals surface area contributed by atoms with Crippen LogP contribution < -0.4 is 0 Å². The molecule has 0 radical (unpaired) electrons. The number of carbonyl (C=O) groups excluding carboxylic acids is 1. The van der Waals surface area contributed by atoms with Gasteiger partial charge in [0, 0.05) is 18.2 Å². The summed E-state index contributed by atoms with van der Waals surface area (Å²) in [6, 6.07) is 1.76.